The van der Waals surface area contributed by atoms with Crippen LogP contribution in [0.4, 0.5) is 5.82 Å². The molecule has 0 unspecified atom stereocenters. The van der Waals surface area contributed by atoms with Crippen LogP contribution in [0.25, 0.3) is 5.82 Å². The van der Waals surface area contributed by atoms with Gasteiger partial charge in [0.15, 0.2) is 5.82 Å². The molecule has 0 spiro atoms. The van der Waals surface area contributed by atoms with Gasteiger partial charge < -0.3 is 10.4 Å². The van der Waals surface area contributed by atoms with E-state index in [0.29, 0.717) is 17.4 Å². The molecule has 3 heterocycles. The molecule has 1 aliphatic heterocycles. The summed E-state index contributed by atoms with van der Waals surface area (Å²) in [6.07, 6.45) is 1.67. The van der Waals surface area contributed by atoms with Gasteiger partial charge in [-0.15, -0.1) is 11.8 Å². The lowest BCUT2D eigenvalue weighted by molar-refractivity contribution is -0.113. The molecule has 1 atom stereocenters. The lowest BCUT2D eigenvalue weighted by atomic mass is 10.0. The molecule has 4 rings (SSSR count). The normalized spacial score (nSPS) is 16.3. The Labute approximate surface area is 159 Å². The molecule has 3 aromatic rings. The molecule has 1 aromatic carbocycles. The minimum Gasteiger partial charge on any atom is -0.478 e. The number of carbonyl (C=O) groups is 2. The zero-order valence-corrected chi connectivity index (χ0v) is 15.2. The Morgan fingerprint density at radius 2 is 2.04 bits per heavy atom. The topological polar surface area (TPSA) is 97.1 Å². The molecule has 7 nitrogen and oxygen atoms in total. The first kappa shape index (κ1) is 17.3. The highest BCUT2D eigenvalue weighted by Gasteiger charge is 2.30. The van der Waals surface area contributed by atoms with Crippen LogP contribution < -0.4 is 5.32 Å². The number of carboxylic acid groups (broad SMARTS) is 1. The third kappa shape index (κ3) is 3.19. The van der Waals surface area contributed by atoms with Crippen molar-refractivity contribution < 1.29 is 14.7 Å². The van der Waals surface area contributed by atoms with Crippen molar-refractivity contribution in [2.75, 3.05) is 11.1 Å². The van der Waals surface area contributed by atoms with Gasteiger partial charge in [0.25, 0.3) is 0 Å². The zero-order valence-electron chi connectivity index (χ0n) is 14.4. The van der Waals surface area contributed by atoms with Crippen molar-refractivity contribution in [3.8, 4) is 5.82 Å². The van der Waals surface area contributed by atoms with E-state index in [2.05, 4.69) is 15.4 Å². The van der Waals surface area contributed by atoms with Crippen molar-refractivity contribution in [1.29, 1.82) is 0 Å². The first-order valence-corrected chi connectivity index (χ1v) is 9.35. The summed E-state index contributed by atoms with van der Waals surface area (Å²) in [6.45, 7) is 1.90. The zero-order chi connectivity index (χ0) is 19.0. The van der Waals surface area contributed by atoms with Gasteiger partial charge >= 0.3 is 5.97 Å². The fourth-order valence-corrected chi connectivity index (χ4v) is 4.28. The average Bonchev–Trinajstić information content (AvgIpc) is 2.88. The summed E-state index contributed by atoms with van der Waals surface area (Å²) in [5.74, 6) is 0.444. The number of amides is 1. The highest BCUT2D eigenvalue weighted by molar-refractivity contribution is 8.00. The number of nitrogens with one attached hydrogen (secondary N) is 1. The lowest BCUT2D eigenvalue weighted by Crippen LogP contribution is -2.16. The summed E-state index contributed by atoms with van der Waals surface area (Å²) < 4.78 is 1.65. The number of hydrogen-bond acceptors (Lipinski definition) is 5. The molecular weight excluding hydrogens is 364 g/mol. The number of thioether (sulfide) groups is 1. The molecular formula is C19H16N4O3S. The summed E-state index contributed by atoms with van der Waals surface area (Å²) >= 11 is 1.49. The van der Waals surface area contributed by atoms with Crippen molar-refractivity contribution in [1.82, 2.24) is 14.8 Å². The first-order valence-electron chi connectivity index (χ1n) is 8.30. The Kier molecular flexibility index (Phi) is 4.41. The number of pyridine rings is 1. The first-order chi connectivity index (χ1) is 13.0. The van der Waals surface area contributed by atoms with E-state index in [4.69, 9.17) is 5.11 Å². The fourth-order valence-electron chi connectivity index (χ4n) is 3.09. The van der Waals surface area contributed by atoms with E-state index in [9.17, 15) is 9.59 Å². The highest BCUT2D eigenvalue weighted by atomic mass is 32.2. The van der Waals surface area contributed by atoms with E-state index in [1.54, 1.807) is 35.1 Å². The van der Waals surface area contributed by atoms with Crippen molar-refractivity contribution in [2.45, 2.75) is 12.2 Å². The number of nitrogens with zero attached hydrogens (tertiary/aromatic N) is 3. The minimum atomic E-state index is -0.966. The Morgan fingerprint density at radius 1 is 1.26 bits per heavy atom. The van der Waals surface area contributed by atoms with Crippen LogP contribution in [0.1, 0.15) is 32.4 Å². The van der Waals surface area contributed by atoms with E-state index in [1.165, 1.54) is 11.8 Å². The Balaban J connectivity index is 1.84. The van der Waals surface area contributed by atoms with Crippen LogP contribution in [0.15, 0.2) is 48.7 Å². The van der Waals surface area contributed by atoms with Crippen LogP contribution in [0.3, 0.4) is 0 Å². The van der Waals surface area contributed by atoms with Crippen molar-refractivity contribution in [2.24, 2.45) is 0 Å². The summed E-state index contributed by atoms with van der Waals surface area (Å²) in [7, 11) is 0. The number of benzene rings is 1. The van der Waals surface area contributed by atoms with Gasteiger partial charge in [-0.25, -0.2) is 9.78 Å². The summed E-state index contributed by atoms with van der Waals surface area (Å²) in [5.41, 5.74) is 2.84. The molecule has 1 amide bonds. The Hall–Kier alpha value is -3.13. The van der Waals surface area contributed by atoms with Crippen molar-refractivity contribution in [3.63, 3.8) is 0 Å². The van der Waals surface area contributed by atoms with Gasteiger partial charge in [0.2, 0.25) is 5.91 Å². The van der Waals surface area contributed by atoms with Gasteiger partial charge in [-0.1, -0.05) is 18.2 Å². The van der Waals surface area contributed by atoms with Crippen LogP contribution in [0.2, 0.25) is 0 Å². The van der Waals surface area contributed by atoms with E-state index < -0.39 is 5.97 Å². The number of rotatable bonds is 3. The van der Waals surface area contributed by atoms with E-state index >= 15 is 0 Å². The number of aryl methyl sites for hydroxylation is 1. The van der Waals surface area contributed by atoms with Crippen LogP contribution >= 0.6 is 11.8 Å². The lowest BCUT2D eigenvalue weighted by Gasteiger charge is -2.15. The monoisotopic (exact) mass is 380 g/mol. The minimum absolute atomic E-state index is 0.108. The molecule has 8 heteroatoms. The third-order valence-electron chi connectivity index (χ3n) is 4.33. The van der Waals surface area contributed by atoms with Crippen LogP contribution in [-0.2, 0) is 4.79 Å². The predicted octanol–water partition coefficient (Wildman–Crippen LogP) is 3.05. The number of fused-ring (bicyclic) bond motifs is 1. The van der Waals surface area contributed by atoms with Gasteiger partial charge in [-0.05, 0) is 36.8 Å². The molecule has 0 saturated carbocycles. The van der Waals surface area contributed by atoms with Gasteiger partial charge in [0.1, 0.15) is 5.82 Å². The number of hydrogen-bond donors (Lipinski definition) is 2. The molecule has 0 bridgehead atoms. The van der Waals surface area contributed by atoms with Crippen LogP contribution in [0.5, 0.6) is 0 Å². The quantitative estimate of drug-likeness (QED) is 0.725. The molecule has 1 aliphatic rings. The third-order valence-corrected chi connectivity index (χ3v) is 5.60. The molecule has 0 radical (unpaired) electrons. The molecule has 27 heavy (non-hydrogen) atoms. The molecule has 2 N–H and O–H groups in total. The second kappa shape index (κ2) is 6.88. The second-order valence-corrected chi connectivity index (χ2v) is 7.21. The average molecular weight is 380 g/mol. The predicted molar refractivity (Wildman–Crippen MR) is 102 cm³/mol. The van der Waals surface area contributed by atoms with Gasteiger partial charge in [0, 0.05) is 11.8 Å². The standard InChI is InChI=1S/C19H16N4O3S/c1-11-16-17(12-5-7-13(8-6-12)19(25)26)27-10-15(24)21-18(16)23(22-11)14-4-2-3-9-20-14/h2-9,17H,10H2,1H3,(H,21,24)(H,25,26)/t17-/m0/s1. The molecule has 136 valence electrons. The second-order valence-electron chi connectivity index (χ2n) is 6.11. The van der Waals surface area contributed by atoms with Gasteiger partial charge in [-0.2, -0.15) is 9.78 Å². The molecule has 0 saturated heterocycles. The summed E-state index contributed by atoms with van der Waals surface area (Å²) in [6, 6.07) is 12.2. The van der Waals surface area contributed by atoms with Crippen LogP contribution in [0, 0.1) is 6.92 Å². The molecule has 0 fully saturated rings. The Morgan fingerprint density at radius 3 is 2.70 bits per heavy atom. The SMILES string of the molecule is Cc1nn(-c2ccccn2)c2c1[C@H](c1ccc(C(=O)O)cc1)SCC(=O)N2. The van der Waals surface area contributed by atoms with Crippen molar-refractivity contribution >= 4 is 29.5 Å². The van der Waals surface area contributed by atoms with Gasteiger partial charge in [-0.3, -0.25) is 4.79 Å². The summed E-state index contributed by atoms with van der Waals surface area (Å²) in [4.78, 5) is 27.7. The summed E-state index contributed by atoms with van der Waals surface area (Å²) in [5, 5.41) is 16.5. The maximum Gasteiger partial charge on any atom is 0.335 e. The fraction of sp³-hybridized carbons (Fsp3) is 0.158. The largest absolute Gasteiger partial charge is 0.478 e. The van der Waals surface area contributed by atoms with E-state index in [0.717, 1.165) is 16.8 Å². The Bertz CT molecular complexity index is 1020. The van der Waals surface area contributed by atoms with Crippen molar-refractivity contribution in [3.05, 3.63) is 71.0 Å². The number of aromatic carboxylic acids is 1. The maximum absolute atomic E-state index is 12.3. The number of carbonyl (C=O) groups excluding carboxylic acids is 1. The van der Waals surface area contributed by atoms with E-state index in [-0.39, 0.29) is 16.7 Å². The smallest absolute Gasteiger partial charge is 0.335 e. The molecule has 2 aromatic heterocycles. The number of carboxylic acids is 1. The van der Waals surface area contributed by atoms with E-state index in [1.807, 2.05) is 25.1 Å². The molecule has 0 aliphatic carbocycles. The van der Waals surface area contributed by atoms with Crippen LogP contribution in [-0.4, -0.2) is 37.5 Å². The van der Waals surface area contributed by atoms with Gasteiger partial charge in [0.05, 0.1) is 22.3 Å². The highest BCUT2D eigenvalue weighted by Crippen LogP contribution is 2.43. The number of aromatic nitrogens is 3. The maximum atomic E-state index is 12.3. The number of anilines is 1.